The SMILES string of the molecule is C=C(NC(Cc1cccc(S(C)(=O)=O)c1)C(=O)O)c1c(Cl)cc2c(c1F)CCN(C(=O)c1ccc3c(c1)CC=C3)C2. The molecule has 0 saturated carbocycles. The van der Waals surface area contributed by atoms with Gasteiger partial charge < -0.3 is 15.3 Å². The maximum atomic E-state index is 15.8. The van der Waals surface area contributed by atoms with Gasteiger partial charge in [0.05, 0.1) is 15.5 Å². The number of hydrogen-bond donors (Lipinski definition) is 2. The zero-order chi connectivity index (χ0) is 29.5. The minimum Gasteiger partial charge on any atom is -0.480 e. The number of rotatable bonds is 8. The van der Waals surface area contributed by atoms with Crippen molar-refractivity contribution in [3.63, 3.8) is 0 Å². The van der Waals surface area contributed by atoms with E-state index < -0.39 is 27.7 Å². The highest BCUT2D eigenvalue weighted by molar-refractivity contribution is 7.90. The van der Waals surface area contributed by atoms with Gasteiger partial charge in [-0.3, -0.25) is 4.79 Å². The van der Waals surface area contributed by atoms with Crippen LogP contribution in [0.2, 0.25) is 5.02 Å². The van der Waals surface area contributed by atoms with Crippen LogP contribution in [-0.4, -0.2) is 49.1 Å². The summed E-state index contributed by atoms with van der Waals surface area (Å²) in [7, 11) is -3.47. The van der Waals surface area contributed by atoms with Gasteiger partial charge in [-0.05, 0) is 71.0 Å². The van der Waals surface area contributed by atoms with Crippen molar-refractivity contribution in [2.75, 3.05) is 12.8 Å². The van der Waals surface area contributed by atoms with Crippen LogP contribution >= 0.6 is 11.6 Å². The van der Waals surface area contributed by atoms with Gasteiger partial charge in [0, 0.05) is 37.0 Å². The van der Waals surface area contributed by atoms with Gasteiger partial charge in [-0.25, -0.2) is 17.6 Å². The highest BCUT2D eigenvalue weighted by Gasteiger charge is 2.29. The summed E-state index contributed by atoms with van der Waals surface area (Å²) in [4.78, 5) is 27.0. The van der Waals surface area contributed by atoms with E-state index >= 15 is 4.39 Å². The summed E-state index contributed by atoms with van der Waals surface area (Å²) < 4.78 is 39.6. The predicted molar refractivity (Wildman–Crippen MR) is 156 cm³/mol. The van der Waals surface area contributed by atoms with Crippen LogP contribution in [0.15, 0.2) is 66.1 Å². The number of benzene rings is 3. The summed E-state index contributed by atoms with van der Waals surface area (Å²) >= 11 is 6.50. The first-order valence-electron chi connectivity index (χ1n) is 13.0. The lowest BCUT2D eigenvalue weighted by Gasteiger charge is -2.30. The molecule has 0 saturated heterocycles. The highest BCUT2D eigenvalue weighted by atomic mass is 35.5. The lowest BCUT2D eigenvalue weighted by molar-refractivity contribution is -0.139. The quantitative estimate of drug-likeness (QED) is 0.384. The van der Waals surface area contributed by atoms with Crippen LogP contribution < -0.4 is 5.32 Å². The van der Waals surface area contributed by atoms with Crippen LogP contribution in [0.5, 0.6) is 0 Å². The molecule has 0 radical (unpaired) electrons. The fourth-order valence-electron chi connectivity index (χ4n) is 5.30. The molecule has 1 aliphatic carbocycles. The normalized spacial score (nSPS) is 14.8. The van der Waals surface area contributed by atoms with E-state index in [2.05, 4.69) is 18.0 Å². The second kappa shape index (κ2) is 11.1. The Balaban J connectivity index is 1.34. The second-order valence-corrected chi connectivity index (χ2v) is 12.7. The Morgan fingerprint density at radius 1 is 1.17 bits per heavy atom. The molecule has 1 unspecified atom stereocenters. The van der Waals surface area contributed by atoms with E-state index in [4.69, 9.17) is 11.6 Å². The Labute approximate surface area is 242 Å². The molecular formula is C31H28ClFN2O5S. The van der Waals surface area contributed by atoms with E-state index in [1.54, 1.807) is 23.1 Å². The molecule has 1 heterocycles. The van der Waals surface area contributed by atoms with Gasteiger partial charge in [-0.2, -0.15) is 0 Å². The first-order chi connectivity index (χ1) is 19.4. The smallest absolute Gasteiger partial charge is 0.326 e. The number of carbonyl (C=O) groups excluding carboxylic acids is 1. The number of carboxylic acids is 1. The van der Waals surface area contributed by atoms with Gasteiger partial charge >= 0.3 is 5.97 Å². The minimum absolute atomic E-state index is 0.00720. The number of amides is 1. The molecule has 2 aliphatic rings. The summed E-state index contributed by atoms with van der Waals surface area (Å²) in [5, 5.41) is 12.6. The first kappa shape index (κ1) is 28.6. The summed E-state index contributed by atoms with van der Waals surface area (Å²) in [6.07, 6.45) is 6.13. The zero-order valence-electron chi connectivity index (χ0n) is 22.3. The molecule has 0 bridgehead atoms. The van der Waals surface area contributed by atoms with Crippen molar-refractivity contribution in [3.8, 4) is 0 Å². The van der Waals surface area contributed by atoms with Gasteiger partial charge in [0.15, 0.2) is 9.84 Å². The van der Waals surface area contributed by atoms with Crippen LogP contribution in [-0.2, 0) is 40.4 Å². The Morgan fingerprint density at radius 2 is 1.95 bits per heavy atom. The van der Waals surface area contributed by atoms with Gasteiger partial charge in [-0.1, -0.05) is 48.5 Å². The molecule has 0 spiro atoms. The fourth-order valence-corrected chi connectivity index (χ4v) is 6.32. The molecule has 5 rings (SSSR count). The minimum atomic E-state index is -3.47. The van der Waals surface area contributed by atoms with Gasteiger partial charge in [0.1, 0.15) is 11.9 Å². The molecule has 1 atom stereocenters. The average molecular weight is 595 g/mol. The van der Waals surface area contributed by atoms with Crippen molar-refractivity contribution in [1.82, 2.24) is 10.2 Å². The van der Waals surface area contributed by atoms with E-state index in [1.807, 2.05) is 18.2 Å². The molecule has 1 aliphatic heterocycles. The Hall–Kier alpha value is -3.95. The number of allylic oxidation sites excluding steroid dienone is 1. The van der Waals surface area contributed by atoms with Crippen molar-refractivity contribution < 1.29 is 27.5 Å². The van der Waals surface area contributed by atoms with E-state index in [9.17, 15) is 23.1 Å². The number of nitrogens with one attached hydrogen (secondary N) is 1. The third-order valence-corrected chi connectivity index (χ3v) is 8.84. The second-order valence-electron chi connectivity index (χ2n) is 10.3. The molecule has 41 heavy (non-hydrogen) atoms. The number of hydrogen-bond acceptors (Lipinski definition) is 5. The molecular weight excluding hydrogens is 567 g/mol. The molecule has 0 aromatic heterocycles. The number of halogens is 2. The van der Waals surface area contributed by atoms with Gasteiger partial charge in [0.25, 0.3) is 5.91 Å². The zero-order valence-corrected chi connectivity index (χ0v) is 23.9. The lowest BCUT2D eigenvalue weighted by atomic mass is 9.94. The number of sulfone groups is 1. The summed E-state index contributed by atoms with van der Waals surface area (Å²) in [6, 6.07) is 12.0. The van der Waals surface area contributed by atoms with E-state index in [0.717, 1.165) is 23.8 Å². The summed E-state index contributed by atoms with van der Waals surface area (Å²) in [6.45, 7) is 4.37. The van der Waals surface area contributed by atoms with Crippen LogP contribution in [0.3, 0.4) is 0 Å². The Morgan fingerprint density at radius 3 is 2.68 bits per heavy atom. The topological polar surface area (TPSA) is 104 Å². The number of fused-ring (bicyclic) bond motifs is 2. The molecule has 1 amide bonds. The van der Waals surface area contributed by atoms with Crippen LogP contribution in [0.1, 0.15) is 43.7 Å². The standard InChI is InChI=1S/C31H28ClFN2O5S/c1-18(34-27(31(37)38)14-19-5-3-8-24(13-19)41(2,39)40)28-26(32)16-23-17-35(12-11-25(23)29(28)33)30(36)22-10-9-20-6-4-7-21(20)15-22/h3-6,8-10,13,15-16,27,34H,1,7,11-12,14,17H2,2H3,(H,37,38). The largest absolute Gasteiger partial charge is 0.480 e. The number of carboxylic acid groups (broad SMARTS) is 1. The number of carbonyl (C=O) groups is 2. The maximum Gasteiger partial charge on any atom is 0.326 e. The molecule has 3 aromatic rings. The van der Waals surface area contributed by atoms with Crippen molar-refractivity contribution >= 4 is 45.1 Å². The summed E-state index contributed by atoms with van der Waals surface area (Å²) in [5.41, 5.74) is 4.20. The third-order valence-electron chi connectivity index (χ3n) is 7.43. The number of aliphatic carboxylic acids is 1. The third kappa shape index (κ3) is 5.92. The van der Waals surface area contributed by atoms with Crippen molar-refractivity contribution in [2.45, 2.75) is 36.7 Å². The fraction of sp³-hybridized carbons (Fsp3) is 0.226. The van der Waals surface area contributed by atoms with Gasteiger partial charge in [-0.15, -0.1) is 0 Å². The first-order valence-corrected chi connectivity index (χ1v) is 15.3. The Bertz CT molecular complexity index is 1730. The summed E-state index contributed by atoms with van der Waals surface area (Å²) in [5.74, 6) is -1.97. The van der Waals surface area contributed by atoms with E-state index in [0.29, 0.717) is 28.8 Å². The molecule has 3 aromatic carbocycles. The predicted octanol–water partition coefficient (Wildman–Crippen LogP) is 4.91. The molecule has 212 valence electrons. The van der Waals surface area contributed by atoms with Crippen LogP contribution in [0.25, 0.3) is 11.8 Å². The van der Waals surface area contributed by atoms with Crippen molar-refractivity contribution in [3.05, 3.63) is 111 Å². The van der Waals surface area contributed by atoms with Crippen molar-refractivity contribution in [2.24, 2.45) is 0 Å². The molecule has 10 heteroatoms. The molecule has 0 fully saturated rings. The van der Waals surface area contributed by atoms with E-state index in [1.165, 1.54) is 18.2 Å². The maximum absolute atomic E-state index is 15.8. The van der Waals surface area contributed by atoms with Crippen molar-refractivity contribution in [1.29, 1.82) is 0 Å². The molecule has 2 N–H and O–H groups in total. The number of nitrogens with zero attached hydrogens (tertiary/aromatic N) is 1. The van der Waals surface area contributed by atoms with Crippen LogP contribution in [0, 0.1) is 5.82 Å². The highest BCUT2D eigenvalue weighted by Crippen LogP contribution is 2.34. The van der Waals surface area contributed by atoms with Gasteiger partial charge in [0.2, 0.25) is 0 Å². The van der Waals surface area contributed by atoms with E-state index in [-0.39, 0.29) is 46.5 Å². The van der Waals surface area contributed by atoms with Crippen LogP contribution in [0.4, 0.5) is 4.39 Å². The Kier molecular flexibility index (Phi) is 7.76. The monoisotopic (exact) mass is 594 g/mol. The lowest BCUT2D eigenvalue weighted by Crippen LogP contribution is -2.38. The average Bonchev–Trinajstić information content (AvgIpc) is 3.39. The molecule has 7 nitrogen and oxygen atoms in total.